The van der Waals surface area contributed by atoms with E-state index in [0.29, 0.717) is 0 Å². The van der Waals surface area contributed by atoms with Crippen molar-refractivity contribution in [3.8, 4) is 0 Å². The van der Waals surface area contributed by atoms with Crippen LogP contribution >= 0.6 is 0 Å². The molecular formula is C9H19NO6S. The number of ether oxygens (including phenoxy) is 1. The molecule has 0 radical (unpaired) electrons. The second kappa shape index (κ2) is 6.90. The number of esters is 1. The van der Waals surface area contributed by atoms with Gasteiger partial charge in [-0.05, 0) is 13.3 Å². The Labute approximate surface area is 101 Å². The highest BCUT2D eigenvalue weighted by Crippen LogP contribution is 2.01. The van der Waals surface area contributed by atoms with E-state index < -0.39 is 28.2 Å². The summed E-state index contributed by atoms with van der Waals surface area (Å²) in [5, 5.41) is 18.1. The highest BCUT2D eigenvalue weighted by atomic mass is 32.2. The molecule has 17 heavy (non-hydrogen) atoms. The maximum Gasteiger partial charge on any atom is 0.305 e. The van der Waals surface area contributed by atoms with Crippen LogP contribution in [0.1, 0.15) is 19.8 Å². The van der Waals surface area contributed by atoms with Gasteiger partial charge in [-0.15, -0.1) is 0 Å². The van der Waals surface area contributed by atoms with E-state index in [-0.39, 0.29) is 25.1 Å². The number of aliphatic hydroxyl groups is 2. The summed E-state index contributed by atoms with van der Waals surface area (Å²) < 4.78 is 29.3. The number of aliphatic hydroxyl groups excluding tert-OH is 1. The Morgan fingerprint density at radius 3 is 2.53 bits per heavy atom. The summed E-state index contributed by atoms with van der Waals surface area (Å²) in [5.41, 5.74) is -1.49. The van der Waals surface area contributed by atoms with E-state index in [2.05, 4.69) is 9.46 Å². The highest BCUT2D eigenvalue weighted by molar-refractivity contribution is 7.89. The lowest BCUT2D eigenvalue weighted by atomic mass is 10.1. The molecule has 0 heterocycles. The van der Waals surface area contributed by atoms with Crippen molar-refractivity contribution >= 4 is 16.0 Å². The SMILES string of the molecule is COC(=O)CCCS(=O)(=O)NCC(C)(O)CO. The van der Waals surface area contributed by atoms with E-state index in [1.165, 1.54) is 14.0 Å². The van der Waals surface area contributed by atoms with Crippen LogP contribution in [0.15, 0.2) is 0 Å². The zero-order valence-corrected chi connectivity index (χ0v) is 10.8. The van der Waals surface area contributed by atoms with E-state index in [1.807, 2.05) is 0 Å². The van der Waals surface area contributed by atoms with Crippen LogP contribution in [0.25, 0.3) is 0 Å². The molecule has 0 aromatic carbocycles. The largest absolute Gasteiger partial charge is 0.469 e. The fourth-order valence-electron chi connectivity index (χ4n) is 0.902. The molecule has 1 atom stereocenters. The topological polar surface area (TPSA) is 113 Å². The van der Waals surface area contributed by atoms with Crippen molar-refractivity contribution in [3.63, 3.8) is 0 Å². The van der Waals surface area contributed by atoms with Crippen LogP contribution in [0.3, 0.4) is 0 Å². The van der Waals surface area contributed by atoms with Crippen LogP contribution < -0.4 is 4.72 Å². The van der Waals surface area contributed by atoms with E-state index >= 15 is 0 Å². The van der Waals surface area contributed by atoms with Gasteiger partial charge in [0.1, 0.15) is 0 Å². The molecule has 0 aromatic rings. The number of rotatable bonds is 8. The standard InChI is InChI=1S/C9H19NO6S/c1-9(13,7-11)6-10-17(14,15)5-3-4-8(12)16-2/h10-11,13H,3-7H2,1-2H3. The van der Waals surface area contributed by atoms with Crippen LogP contribution in [0, 0.1) is 0 Å². The van der Waals surface area contributed by atoms with E-state index in [9.17, 15) is 18.3 Å². The van der Waals surface area contributed by atoms with Crippen molar-refractivity contribution in [1.82, 2.24) is 4.72 Å². The molecule has 102 valence electrons. The molecule has 0 amide bonds. The fourth-order valence-corrected chi connectivity index (χ4v) is 2.10. The van der Waals surface area contributed by atoms with Crippen molar-refractivity contribution in [3.05, 3.63) is 0 Å². The lowest BCUT2D eigenvalue weighted by Gasteiger charge is -2.20. The third kappa shape index (κ3) is 8.08. The number of sulfonamides is 1. The number of methoxy groups -OCH3 is 1. The van der Waals surface area contributed by atoms with Gasteiger partial charge in [0, 0.05) is 13.0 Å². The summed E-state index contributed by atoms with van der Waals surface area (Å²) in [4.78, 5) is 10.8. The molecule has 7 nitrogen and oxygen atoms in total. The summed E-state index contributed by atoms with van der Waals surface area (Å²) >= 11 is 0. The van der Waals surface area contributed by atoms with Crippen molar-refractivity contribution in [2.24, 2.45) is 0 Å². The van der Waals surface area contributed by atoms with Crippen molar-refractivity contribution < 1.29 is 28.2 Å². The Bertz CT molecular complexity index is 337. The molecule has 3 N–H and O–H groups in total. The van der Waals surface area contributed by atoms with Gasteiger partial charge in [0.15, 0.2) is 0 Å². The number of hydrogen-bond acceptors (Lipinski definition) is 6. The zero-order chi connectivity index (χ0) is 13.5. The summed E-state index contributed by atoms with van der Waals surface area (Å²) in [6.07, 6.45) is 0.164. The van der Waals surface area contributed by atoms with Crippen LogP contribution in [-0.4, -0.2) is 56.2 Å². The molecular weight excluding hydrogens is 250 g/mol. The molecule has 0 saturated carbocycles. The normalized spacial score (nSPS) is 15.3. The summed E-state index contributed by atoms with van der Waals surface area (Å²) in [6.45, 7) is 0.492. The predicted octanol–water partition coefficient (Wildman–Crippen LogP) is -1.40. The first-order chi connectivity index (χ1) is 7.72. The number of hydrogen-bond donors (Lipinski definition) is 3. The summed E-state index contributed by atoms with van der Waals surface area (Å²) in [7, 11) is -2.33. The Balaban J connectivity index is 4.01. The van der Waals surface area contributed by atoms with Gasteiger partial charge in [-0.25, -0.2) is 13.1 Å². The molecule has 0 saturated heterocycles. The second-order valence-electron chi connectivity index (χ2n) is 3.97. The monoisotopic (exact) mass is 269 g/mol. The Hall–Kier alpha value is -0.700. The minimum atomic E-state index is -3.56. The van der Waals surface area contributed by atoms with Gasteiger partial charge in [-0.1, -0.05) is 0 Å². The average molecular weight is 269 g/mol. The molecule has 0 aliphatic rings. The predicted molar refractivity (Wildman–Crippen MR) is 60.7 cm³/mol. The second-order valence-corrected chi connectivity index (χ2v) is 5.90. The van der Waals surface area contributed by atoms with Gasteiger partial charge in [0.2, 0.25) is 10.0 Å². The van der Waals surface area contributed by atoms with E-state index in [0.717, 1.165) is 0 Å². The first kappa shape index (κ1) is 16.3. The van der Waals surface area contributed by atoms with Crippen molar-refractivity contribution in [1.29, 1.82) is 0 Å². The quantitative estimate of drug-likeness (QED) is 0.467. The average Bonchev–Trinajstić information content (AvgIpc) is 2.26. The van der Waals surface area contributed by atoms with Gasteiger partial charge in [0.05, 0.1) is 25.1 Å². The lowest BCUT2D eigenvalue weighted by Crippen LogP contribution is -2.43. The third-order valence-corrected chi connectivity index (χ3v) is 3.45. The molecule has 0 rings (SSSR count). The third-order valence-electron chi connectivity index (χ3n) is 2.04. The van der Waals surface area contributed by atoms with Crippen LogP contribution in [0.5, 0.6) is 0 Å². The molecule has 0 aliphatic heterocycles. The van der Waals surface area contributed by atoms with E-state index in [4.69, 9.17) is 5.11 Å². The van der Waals surface area contributed by atoms with Gasteiger partial charge in [-0.2, -0.15) is 0 Å². The van der Waals surface area contributed by atoms with Crippen molar-refractivity contribution in [2.75, 3.05) is 26.0 Å². The van der Waals surface area contributed by atoms with Crippen LogP contribution in [0.2, 0.25) is 0 Å². The van der Waals surface area contributed by atoms with Crippen LogP contribution in [-0.2, 0) is 19.6 Å². The minimum absolute atomic E-state index is 0.0216. The number of nitrogens with one attached hydrogen (secondary N) is 1. The summed E-state index contributed by atoms with van der Waals surface area (Å²) in [6, 6.07) is 0. The maximum absolute atomic E-state index is 11.4. The summed E-state index contributed by atoms with van der Waals surface area (Å²) in [5.74, 6) is -0.702. The Morgan fingerprint density at radius 2 is 2.06 bits per heavy atom. The highest BCUT2D eigenvalue weighted by Gasteiger charge is 2.22. The van der Waals surface area contributed by atoms with Crippen molar-refractivity contribution in [2.45, 2.75) is 25.4 Å². The minimum Gasteiger partial charge on any atom is -0.469 e. The smallest absolute Gasteiger partial charge is 0.305 e. The van der Waals surface area contributed by atoms with Gasteiger partial charge in [0.25, 0.3) is 0 Å². The molecule has 0 spiro atoms. The molecule has 8 heteroatoms. The number of carbonyl (C=O) groups is 1. The van der Waals surface area contributed by atoms with Gasteiger partial charge >= 0.3 is 5.97 Å². The molecule has 0 fully saturated rings. The molecule has 1 unspecified atom stereocenters. The molecule has 0 bridgehead atoms. The number of carbonyl (C=O) groups excluding carboxylic acids is 1. The van der Waals surface area contributed by atoms with Crippen LogP contribution in [0.4, 0.5) is 0 Å². The van der Waals surface area contributed by atoms with Gasteiger partial charge < -0.3 is 14.9 Å². The van der Waals surface area contributed by atoms with E-state index in [1.54, 1.807) is 0 Å². The fraction of sp³-hybridized carbons (Fsp3) is 0.889. The Kier molecular flexibility index (Phi) is 6.61. The Morgan fingerprint density at radius 1 is 1.47 bits per heavy atom. The van der Waals surface area contributed by atoms with Gasteiger partial charge in [-0.3, -0.25) is 4.79 Å². The molecule has 0 aliphatic carbocycles. The molecule has 0 aromatic heterocycles. The lowest BCUT2D eigenvalue weighted by molar-refractivity contribution is -0.140. The first-order valence-electron chi connectivity index (χ1n) is 5.10. The maximum atomic E-state index is 11.4. The zero-order valence-electron chi connectivity index (χ0n) is 9.97. The first-order valence-corrected chi connectivity index (χ1v) is 6.75.